The van der Waals surface area contributed by atoms with Crippen molar-refractivity contribution in [2.45, 2.75) is 167 Å². The van der Waals surface area contributed by atoms with E-state index in [1.54, 1.807) is 0 Å². The molecule has 298 valence electrons. The van der Waals surface area contributed by atoms with Gasteiger partial charge in [-0.15, -0.1) is 0 Å². The summed E-state index contributed by atoms with van der Waals surface area (Å²) in [7, 11) is -5.66. The first-order valence-electron chi connectivity index (χ1n) is 18.8. The molecule has 0 aliphatic heterocycles. The van der Waals surface area contributed by atoms with E-state index in [9.17, 15) is 42.8 Å². The average molecular weight is 750 g/mol. The Balaban J connectivity index is 5.37. The van der Waals surface area contributed by atoms with Gasteiger partial charge in [0.25, 0.3) is 0 Å². The summed E-state index contributed by atoms with van der Waals surface area (Å²) < 4.78 is 28.4. The molecule has 0 saturated carbocycles. The van der Waals surface area contributed by atoms with E-state index in [4.69, 9.17) is 11.5 Å². The molecule has 12 N–H and O–H groups in total. The van der Waals surface area contributed by atoms with Crippen LogP contribution in [0.15, 0.2) is 0 Å². The van der Waals surface area contributed by atoms with Crippen LogP contribution < -0.4 is 37.5 Å². The number of unbranched alkanes of at least 4 members (excludes halogenated alkanes) is 11. The molecule has 0 spiro atoms. The molecule has 1 unspecified atom stereocenters. The summed E-state index contributed by atoms with van der Waals surface area (Å²) in [6, 6.07) is -5.04. The summed E-state index contributed by atoms with van der Waals surface area (Å²) in [6.07, 6.45) is 11.3. The van der Waals surface area contributed by atoms with Gasteiger partial charge in [0.05, 0.1) is 17.8 Å². The van der Waals surface area contributed by atoms with Crippen molar-refractivity contribution in [2.24, 2.45) is 11.5 Å². The lowest BCUT2D eigenvalue weighted by Crippen LogP contribution is -2.60. The highest BCUT2D eigenvalue weighted by molar-refractivity contribution is 7.89. The molecule has 6 atom stereocenters. The fourth-order valence-corrected chi connectivity index (χ4v) is 6.64. The van der Waals surface area contributed by atoms with Gasteiger partial charge in [-0.1, -0.05) is 71.1 Å². The minimum atomic E-state index is -3.84. The molecule has 0 aromatic carbocycles. The third-order valence-corrected chi connectivity index (χ3v) is 10.0. The molecule has 18 heteroatoms. The van der Waals surface area contributed by atoms with E-state index in [-0.39, 0.29) is 18.6 Å². The maximum atomic E-state index is 13.3. The third-order valence-electron chi connectivity index (χ3n) is 8.56. The Bertz CT molecular complexity index is 1100. The Morgan fingerprint density at radius 3 is 1.61 bits per heavy atom. The zero-order valence-electron chi connectivity index (χ0n) is 31.3. The molecule has 0 aliphatic carbocycles. The van der Waals surface area contributed by atoms with Gasteiger partial charge in [-0.3, -0.25) is 19.2 Å². The monoisotopic (exact) mass is 749 g/mol. The normalized spacial score (nSPS) is 15.2. The number of carbonyl (C=O) groups excluding carboxylic acids is 4. The van der Waals surface area contributed by atoms with Gasteiger partial charge in [0.15, 0.2) is 0 Å². The lowest BCUT2D eigenvalue weighted by atomic mass is 9.81. The second-order valence-electron chi connectivity index (χ2n) is 13.5. The number of hydrogen-bond donors (Lipinski definition) is 10. The molecule has 0 fully saturated rings. The summed E-state index contributed by atoms with van der Waals surface area (Å²) in [4.78, 5) is 52.3. The number of aliphatic hydroxyl groups is 1. The molecular formula is C33H68BN7O9S. The number of sulfonamides is 1. The number of rotatable bonds is 31. The molecule has 0 saturated heterocycles. The molecule has 0 aromatic rings. The number of nitrogens with one attached hydrogen (secondary N) is 5. The highest BCUT2D eigenvalue weighted by Gasteiger charge is 2.33. The Labute approximate surface area is 306 Å². The first-order valence-corrected chi connectivity index (χ1v) is 20.4. The molecule has 0 rings (SSSR count). The number of nitrogens with two attached hydrogens (primary N) is 2. The van der Waals surface area contributed by atoms with Crippen LogP contribution in [0.1, 0.15) is 130 Å². The average Bonchev–Trinajstić information content (AvgIpc) is 3.06. The van der Waals surface area contributed by atoms with Crippen LogP contribution in [0.4, 0.5) is 0 Å². The summed E-state index contributed by atoms with van der Waals surface area (Å²) in [5.41, 5.74) is 11.1. The SMILES string of the molecule is CCCCCCCCCCCCS(=O)(=O)N[C@@H](CCCCN)C(=O)NC(C(=O)N[C@@H](C)C(=O)N[C@@H](CCCCN)C(=O)N[C@@H](C)B(O)O)[C@@H](C)O. The van der Waals surface area contributed by atoms with Crippen molar-refractivity contribution in [2.75, 3.05) is 18.8 Å². The van der Waals surface area contributed by atoms with Crippen LogP contribution in [0.3, 0.4) is 0 Å². The van der Waals surface area contributed by atoms with Crippen molar-refractivity contribution >= 4 is 40.8 Å². The van der Waals surface area contributed by atoms with Crippen LogP contribution in [0.25, 0.3) is 0 Å². The van der Waals surface area contributed by atoms with E-state index in [1.807, 2.05) is 0 Å². The van der Waals surface area contributed by atoms with Crippen molar-refractivity contribution in [3.05, 3.63) is 0 Å². The second-order valence-corrected chi connectivity index (χ2v) is 15.3. The number of aliphatic hydroxyl groups excluding tert-OH is 1. The highest BCUT2D eigenvalue weighted by atomic mass is 32.2. The van der Waals surface area contributed by atoms with E-state index in [0.29, 0.717) is 45.2 Å². The van der Waals surface area contributed by atoms with E-state index in [0.717, 1.165) is 25.7 Å². The standard InChI is InChI=1S/C33H68BN7O9S/c1-5-6-7-8-9-10-11-12-13-18-23-51(49,50)41-28(20-15-17-22-36)32(45)40-29(25(3)42)33(46)37-24(2)30(43)39-27(19-14-16-21-35)31(44)38-26(4)34(47)48/h24-29,41-42,47-48H,5-23,35-36H2,1-4H3,(H,37,46)(H,38,44)(H,39,43)(H,40,45)/t24-,25+,26-,27-,28-,29?/m0/s1. The van der Waals surface area contributed by atoms with Gasteiger partial charge >= 0.3 is 7.12 Å². The van der Waals surface area contributed by atoms with Gasteiger partial charge in [0, 0.05) is 0 Å². The van der Waals surface area contributed by atoms with Gasteiger partial charge in [0.1, 0.15) is 24.2 Å². The lowest BCUT2D eigenvalue weighted by Gasteiger charge is -2.27. The van der Waals surface area contributed by atoms with Crippen LogP contribution in [-0.4, -0.2) is 109 Å². The zero-order chi connectivity index (χ0) is 38.8. The maximum absolute atomic E-state index is 13.3. The molecule has 0 aromatic heterocycles. The Morgan fingerprint density at radius 1 is 0.627 bits per heavy atom. The van der Waals surface area contributed by atoms with Gasteiger partial charge in [0.2, 0.25) is 33.7 Å². The molecule has 0 heterocycles. The topological polar surface area (TPSA) is 275 Å². The van der Waals surface area contributed by atoms with Gasteiger partial charge < -0.3 is 47.9 Å². The fourth-order valence-electron chi connectivity index (χ4n) is 5.28. The van der Waals surface area contributed by atoms with Crippen molar-refractivity contribution in [1.82, 2.24) is 26.0 Å². The minimum absolute atomic E-state index is 0.118. The van der Waals surface area contributed by atoms with Crippen molar-refractivity contribution in [3.8, 4) is 0 Å². The maximum Gasteiger partial charge on any atom is 0.475 e. The lowest BCUT2D eigenvalue weighted by molar-refractivity contribution is -0.135. The van der Waals surface area contributed by atoms with Crippen LogP contribution in [-0.2, 0) is 29.2 Å². The van der Waals surface area contributed by atoms with E-state index >= 15 is 0 Å². The predicted molar refractivity (Wildman–Crippen MR) is 199 cm³/mol. The van der Waals surface area contributed by atoms with Crippen LogP contribution in [0, 0.1) is 0 Å². The highest BCUT2D eigenvalue weighted by Crippen LogP contribution is 2.12. The van der Waals surface area contributed by atoms with Crippen molar-refractivity contribution < 1.29 is 42.8 Å². The fraction of sp³-hybridized carbons (Fsp3) is 0.879. The van der Waals surface area contributed by atoms with E-state index in [2.05, 4.69) is 32.9 Å². The summed E-state index contributed by atoms with van der Waals surface area (Å²) >= 11 is 0. The molecular weight excluding hydrogens is 681 g/mol. The Hall–Kier alpha value is -2.35. The van der Waals surface area contributed by atoms with Crippen molar-refractivity contribution in [3.63, 3.8) is 0 Å². The summed E-state index contributed by atoms with van der Waals surface area (Å²) in [5.74, 6) is -4.29. The molecule has 0 bridgehead atoms. The van der Waals surface area contributed by atoms with E-state index < -0.39 is 77.0 Å². The predicted octanol–water partition coefficient (Wildman–Crippen LogP) is -0.175. The molecule has 0 aliphatic rings. The number of carbonyl (C=O) groups is 4. The van der Waals surface area contributed by atoms with Crippen molar-refractivity contribution in [1.29, 1.82) is 0 Å². The molecule has 4 amide bonds. The minimum Gasteiger partial charge on any atom is -0.426 e. The number of amides is 4. The smallest absolute Gasteiger partial charge is 0.426 e. The van der Waals surface area contributed by atoms with Crippen LogP contribution in [0.5, 0.6) is 0 Å². The van der Waals surface area contributed by atoms with Gasteiger partial charge in [-0.2, -0.15) is 0 Å². The summed E-state index contributed by atoms with van der Waals surface area (Å²) in [5, 5.41) is 38.9. The van der Waals surface area contributed by atoms with Gasteiger partial charge in [-0.25, -0.2) is 13.1 Å². The quantitative estimate of drug-likeness (QED) is 0.0328. The molecule has 51 heavy (non-hydrogen) atoms. The second kappa shape index (κ2) is 28.2. The number of hydrogen-bond acceptors (Lipinski definition) is 11. The van der Waals surface area contributed by atoms with Crippen LogP contribution >= 0.6 is 0 Å². The third kappa shape index (κ3) is 23.0. The Kier molecular flexibility index (Phi) is 26.9. The first-order chi connectivity index (χ1) is 24.1. The first kappa shape index (κ1) is 48.7. The summed E-state index contributed by atoms with van der Waals surface area (Å²) in [6.45, 7) is 6.88. The van der Waals surface area contributed by atoms with Crippen LogP contribution in [0.2, 0.25) is 0 Å². The largest absolute Gasteiger partial charge is 0.475 e. The Morgan fingerprint density at radius 2 is 1.12 bits per heavy atom. The zero-order valence-corrected chi connectivity index (χ0v) is 32.1. The van der Waals surface area contributed by atoms with Gasteiger partial charge in [-0.05, 0) is 72.4 Å². The molecule has 0 radical (unpaired) electrons. The molecule has 16 nitrogen and oxygen atoms in total. The van der Waals surface area contributed by atoms with E-state index in [1.165, 1.54) is 52.9 Å².